The van der Waals surface area contributed by atoms with Crippen LogP contribution in [-0.2, 0) is 6.42 Å². The summed E-state index contributed by atoms with van der Waals surface area (Å²) in [5.74, 6) is 0.661. The fourth-order valence-corrected chi connectivity index (χ4v) is 4.07. The molecular formula is C16H22FN. The molecule has 2 heterocycles. The molecule has 0 N–H and O–H groups in total. The molecule has 2 aliphatic rings. The maximum absolute atomic E-state index is 13.2. The molecule has 0 spiro atoms. The van der Waals surface area contributed by atoms with E-state index < -0.39 is 0 Å². The number of hydrogen-bond acceptors (Lipinski definition) is 1. The predicted molar refractivity (Wildman–Crippen MR) is 72.0 cm³/mol. The predicted octanol–water partition coefficient (Wildman–Crippen LogP) is 3.63. The third kappa shape index (κ3) is 2.31. The van der Waals surface area contributed by atoms with Gasteiger partial charge in [0.05, 0.1) is 0 Å². The Labute approximate surface area is 109 Å². The summed E-state index contributed by atoms with van der Waals surface area (Å²) in [6.07, 6.45) is 6.42. The number of benzene rings is 1. The summed E-state index contributed by atoms with van der Waals surface area (Å²) < 4.78 is 13.2. The molecule has 0 aromatic heterocycles. The molecule has 2 atom stereocenters. The Balaban J connectivity index is 1.66. The first kappa shape index (κ1) is 12.2. The van der Waals surface area contributed by atoms with Crippen LogP contribution in [0, 0.1) is 11.7 Å². The molecule has 1 nitrogen and oxygen atoms in total. The van der Waals surface area contributed by atoms with Gasteiger partial charge < -0.3 is 0 Å². The highest BCUT2D eigenvalue weighted by molar-refractivity contribution is 5.17. The van der Waals surface area contributed by atoms with E-state index in [9.17, 15) is 4.39 Å². The molecule has 1 aromatic carbocycles. The van der Waals surface area contributed by atoms with E-state index in [0.29, 0.717) is 0 Å². The van der Waals surface area contributed by atoms with Crippen molar-refractivity contribution in [1.29, 1.82) is 0 Å². The highest BCUT2D eigenvalue weighted by Crippen LogP contribution is 2.39. The minimum Gasteiger partial charge on any atom is -0.298 e. The quantitative estimate of drug-likeness (QED) is 0.788. The molecule has 2 saturated heterocycles. The minimum absolute atomic E-state index is 0.0959. The molecule has 2 heteroatoms. The van der Waals surface area contributed by atoms with Crippen LogP contribution in [0.4, 0.5) is 4.39 Å². The number of fused-ring (bicyclic) bond motifs is 2. The van der Waals surface area contributed by atoms with Gasteiger partial charge in [-0.2, -0.15) is 0 Å². The fourth-order valence-electron chi connectivity index (χ4n) is 4.07. The molecule has 0 saturated carbocycles. The number of rotatable bonds is 3. The number of piperidine rings is 1. The Morgan fingerprint density at radius 1 is 1.22 bits per heavy atom. The van der Waals surface area contributed by atoms with Crippen molar-refractivity contribution in [2.24, 2.45) is 5.92 Å². The molecule has 1 aromatic rings. The van der Waals surface area contributed by atoms with Crippen LogP contribution in [0.5, 0.6) is 0 Å². The monoisotopic (exact) mass is 247 g/mol. The maximum atomic E-state index is 13.2. The van der Waals surface area contributed by atoms with Gasteiger partial charge in [0.1, 0.15) is 5.82 Å². The summed E-state index contributed by atoms with van der Waals surface area (Å²) in [6.45, 7) is 3.47. The largest absolute Gasteiger partial charge is 0.298 e. The van der Waals surface area contributed by atoms with E-state index in [0.717, 1.165) is 24.4 Å². The van der Waals surface area contributed by atoms with Gasteiger partial charge in [-0.25, -0.2) is 4.39 Å². The second-order valence-electron chi connectivity index (χ2n) is 5.89. The van der Waals surface area contributed by atoms with Crippen molar-refractivity contribution in [3.8, 4) is 0 Å². The molecule has 98 valence electrons. The van der Waals surface area contributed by atoms with E-state index in [1.165, 1.54) is 43.9 Å². The van der Waals surface area contributed by atoms with Crippen molar-refractivity contribution in [3.63, 3.8) is 0 Å². The first-order valence-corrected chi connectivity index (χ1v) is 7.26. The van der Waals surface area contributed by atoms with Crippen LogP contribution in [0.15, 0.2) is 24.3 Å². The van der Waals surface area contributed by atoms with Gasteiger partial charge in [0.15, 0.2) is 0 Å². The second kappa shape index (κ2) is 5.00. The van der Waals surface area contributed by atoms with Gasteiger partial charge in [-0.3, -0.25) is 4.90 Å². The van der Waals surface area contributed by atoms with Crippen molar-refractivity contribution in [2.45, 2.75) is 51.1 Å². The Morgan fingerprint density at radius 2 is 1.94 bits per heavy atom. The van der Waals surface area contributed by atoms with Gasteiger partial charge in [-0.15, -0.1) is 0 Å². The lowest BCUT2D eigenvalue weighted by Crippen LogP contribution is -2.43. The lowest BCUT2D eigenvalue weighted by molar-refractivity contribution is 0.110. The molecule has 0 amide bonds. The highest BCUT2D eigenvalue weighted by Gasteiger charge is 2.39. The molecule has 0 radical (unpaired) electrons. The van der Waals surface area contributed by atoms with Crippen LogP contribution in [-0.4, -0.2) is 23.5 Å². The van der Waals surface area contributed by atoms with E-state index >= 15 is 0 Å². The molecule has 2 unspecified atom stereocenters. The molecule has 2 fully saturated rings. The van der Waals surface area contributed by atoms with Crippen LogP contribution >= 0.6 is 0 Å². The van der Waals surface area contributed by atoms with Gasteiger partial charge in [0.25, 0.3) is 0 Å². The zero-order chi connectivity index (χ0) is 12.5. The molecule has 0 aliphatic carbocycles. The van der Waals surface area contributed by atoms with Gasteiger partial charge in [-0.05, 0) is 62.3 Å². The summed E-state index contributed by atoms with van der Waals surface area (Å²) in [6, 6.07) is 8.73. The molecule has 3 rings (SSSR count). The number of halogens is 1. The van der Waals surface area contributed by atoms with Crippen LogP contribution in [0.1, 0.15) is 38.2 Å². The summed E-state index contributed by atoms with van der Waals surface area (Å²) in [5.41, 5.74) is 1.17. The zero-order valence-corrected chi connectivity index (χ0v) is 11.1. The van der Waals surface area contributed by atoms with Crippen LogP contribution in [0.3, 0.4) is 0 Å². The van der Waals surface area contributed by atoms with Gasteiger partial charge in [-0.1, -0.05) is 19.1 Å². The van der Waals surface area contributed by atoms with E-state index in [1.54, 1.807) is 6.07 Å². The lowest BCUT2D eigenvalue weighted by atomic mass is 9.86. The van der Waals surface area contributed by atoms with Crippen molar-refractivity contribution in [3.05, 3.63) is 35.6 Å². The Kier molecular flexibility index (Phi) is 3.38. The summed E-state index contributed by atoms with van der Waals surface area (Å²) in [5, 5.41) is 0. The third-order valence-corrected chi connectivity index (χ3v) is 4.76. The normalized spacial score (nSPS) is 31.8. The van der Waals surface area contributed by atoms with Crippen molar-refractivity contribution < 1.29 is 4.39 Å². The van der Waals surface area contributed by atoms with Gasteiger partial charge >= 0.3 is 0 Å². The zero-order valence-electron chi connectivity index (χ0n) is 11.1. The van der Waals surface area contributed by atoms with Gasteiger partial charge in [0.2, 0.25) is 0 Å². The third-order valence-electron chi connectivity index (χ3n) is 4.76. The molecule has 18 heavy (non-hydrogen) atoms. The number of nitrogens with zero attached hydrogens (tertiary/aromatic N) is 1. The molecule has 2 aliphatic heterocycles. The van der Waals surface area contributed by atoms with Crippen LogP contribution < -0.4 is 0 Å². The van der Waals surface area contributed by atoms with Crippen LogP contribution in [0.25, 0.3) is 0 Å². The smallest absolute Gasteiger partial charge is 0.123 e. The van der Waals surface area contributed by atoms with E-state index in [1.807, 2.05) is 6.07 Å². The average Bonchev–Trinajstić information content (AvgIpc) is 2.60. The average molecular weight is 247 g/mol. The van der Waals surface area contributed by atoms with Crippen molar-refractivity contribution in [1.82, 2.24) is 4.90 Å². The number of hydrogen-bond donors (Lipinski definition) is 0. The SMILES string of the molecule is CCN1C2CCC1CC(Cc1cccc(F)c1)C2. The minimum atomic E-state index is -0.0959. The maximum Gasteiger partial charge on any atom is 0.123 e. The Bertz CT molecular complexity index is 403. The van der Waals surface area contributed by atoms with E-state index in [2.05, 4.69) is 17.9 Å². The van der Waals surface area contributed by atoms with Crippen molar-refractivity contribution in [2.75, 3.05) is 6.54 Å². The van der Waals surface area contributed by atoms with Crippen LogP contribution in [0.2, 0.25) is 0 Å². The van der Waals surface area contributed by atoms with E-state index in [-0.39, 0.29) is 5.82 Å². The Morgan fingerprint density at radius 3 is 2.56 bits per heavy atom. The summed E-state index contributed by atoms with van der Waals surface area (Å²) in [7, 11) is 0. The first-order chi connectivity index (χ1) is 8.76. The standard InChI is InChI=1S/C16H22FN/c1-2-18-15-6-7-16(18)11-13(10-15)8-12-4-3-5-14(17)9-12/h3-5,9,13,15-16H,2,6-8,10-11H2,1H3. The van der Waals surface area contributed by atoms with Crippen molar-refractivity contribution >= 4 is 0 Å². The van der Waals surface area contributed by atoms with Gasteiger partial charge in [0, 0.05) is 12.1 Å². The highest BCUT2D eigenvalue weighted by atomic mass is 19.1. The first-order valence-electron chi connectivity index (χ1n) is 7.26. The molecule has 2 bridgehead atoms. The topological polar surface area (TPSA) is 3.24 Å². The lowest BCUT2D eigenvalue weighted by Gasteiger charge is -2.38. The second-order valence-corrected chi connectivity index (χ2v) is 5.89. The fraction of sp³-hybridized carbons (Fsp3) is 0.625. The summed E-state index contributed by atoms with van der Waals surface area (Å²) >= 11 is 0. The molecular weight excluding hydrogens is 225 g/mol. The van der Waals surface area contributed by atoms with E-state index in [4.69, 9.17) is 0 Å². The summed E-state index contributed by atoms with van der Waals surface area (Å²) in [4.78, 5) is 2.68. The Hall–Kier alpha value is -0.890.